The zero-order valence-electron chi connectivity index (χ0n) is 11.4. The smallest absolute Gasteiger partial charge is 0.275 e. The van der Waals surface area contributed by atoms with Crippen molar-refractivity contribution in [1.82, 2.24) is 4.98 Å². The van der Waals surface area contributed by atoms with Crippen LogP contribution in [-0.4, -0.2) is 20.9 Å². The second-order valence-electron chi connectivity index (χ2n) is 4.88. The van der Waals surface area contributed by atoms with Crippen molar-refractivity contribution in [2.45, 2.75) is 17.2 Å². The number of halogens is 2. The number of fused-ring (bicyclic) bond motifs is 1. The van der Waals surface area contributed by atoms with E-state index < -0.39 is 29.1 Å². The van der Waals surface area contributed by atoms with Crippen molar-refractivity contribution in [2.24, 2.45) is 0 Å². The van der Waals surface area contributed by atoms with Gasteiger partial charge in [-0.05, 0) is 18.2 Å². The van der Waals surface area contributed by atoms with Gasteiger partial charge in [0.2, 0.25) is 0 Å². The highest BCUT2D eigenvalue weighted by atomic mass is 32.2. The molecule has 0 aliphatic carbocycles. The fourth-order valence-electron chi connectivity index (χ4n) is 2.32. The summed E-state index contributed by atoms with van der Waals surface area (Å²) in [5.41, 5.74) is 0.179. The summed E-state index contributed by atoms with van der Waals surface area (Å²) in [6.07, 6.45) is 2.44. The molecule has 0 saturated heterocycles. The largest absolute Gasteiger partial charge is 0.321 e. The first-order valence-electron chi connectivity index (χ1n) is 6.60. The Balaban J connectivity index is 1.99. The quantitative estimate of drug-likeness (QED) is 0.925. The monoisotopic (exact) mass is 322 g/mol. The average Bonchev–Trinajstić information content (AvgIpc) is 2.52. The first kappa shape index (κ1) is 14.8. The van der Waals surface area contributed by atoms with Crippen molar-refractivity contribution in [1.29, 1.82) is 0 Å². The van der Waals surface area contributed by atoms with Crippen LogP contribution in [0.4, 0.5) is 14.5 Å². The minimum atomic E-state index is -3.03. The number of amides is 1. The second kappa shape index (κ2) is 5.57. The van der Waals surface area contributed by atoms with Gasteiger partial charge in [0.1, 0.15) is 0 Å². The number of nitrogens with zero attached hydrogens (tertiary/aromatic N) is 1. The summed E-state index contributed by atoms with van der Waals surface area (Å²) >= 11 is 0. The number of rotatable bonds is 2. The van der Waals surface area contributed by atoms with Gasteiger partial charge in [-0.3, -0.25) is 14.0 Å². The maximum absolute atomic E-state index is 14.0. The minimum Gasteiger partial charge on any atom is -0.321 e. The van der Waals surface area contributed by atoms with Gasteiger partial charge >= 0.3 is 0 Å². The summed E-state index contributed by atoms with van der Waals surface area (Å²) in [4.78, 5) is 16.0. The summed E-state index contributed by atoms with van der Waals surface area (Å²) in [5, 5.41) is 2.55. The van der Waals surface area contributed by atoms with Gasteiger partial charge in [0.25, 0.3) is 11.8 Å². The molecular formula is C15H12F2N2O2S. The number of aromatic nitrogens is 1. The molecule has 22 heavy (non-hydrogen) atoms. The summed E-state index contributed by atoms with van der Waals surface area (Å²) in [5.74, 6) is -3.63. The Morgan fingerprint density at radius 2 is 2.09 bits per heavy atom. The molecular weight excluding hydrogens is 310 g/mol. The van der Waals surface area contributed by atoms with E-state index in [1.807, 2.05) is 0 Å². The van der Waals surface area contributed by atoms with Crippen molar-refractivity contribution >= 4 is 22.4 Å². The maximum Gasteiger partial charge on any atom is 0.275 e. The number of hydrogen-bond donors (Lipinski definition) is 1. The summed E-state index contributed by atoms with van der Waals surface area (Å²) < 4.78 is 40.0. The number of anilines is 1. The average molecular weight is 322 g/mol. The first-order valence-corrected chi connectivity index (χ1v) is 7.92. The Bertz CT molecular complexity index is 750. The van der Waals surface area contributed by atoms with E-state index in [2.05, 4.69) is 10.3 Å². The van der Waals surface area contributed by atoms with E-state index in [0.717, 1.165) is 0 Å². The van der Waals surface area contributed by atoms with Gasteiger partial charge in [-0.1, -0.05) is 12.1 Å². The van der Waals surface area contributed by atoms with Crippen LogP contribution in [0.3, 0.4) is 0 Å². The van der Waals surface area contributed by atoms with E-state index >= 15 is 0 Å². The molecule has 0 radical (unpaired) electrons. The normalized spacial score (nSPS) is 19.3. The third-order valence-electron chi connectivity index (χ3n) is 3.41. The van der Waals surface area contributed by atoms with Crippen molar-refractivity contribution in [3.8, 4) is 0 Å². The number of nitrogens with one attached hydrogen (secondary N) is 1. The van der Waals surface area contributed by atoms with Crippen molar-refractivity contribution in [2.75, 3.05) is 11.1 Å². The van der Waals surface area contributed by atoms with Crippen LogP contribution in [0.2, 0.25) is 0 Å². The highest BCUT2D eigenvalue weighted by Crippen LogP contribution is 2.42. The lowest BCUT2D eigenvalue weighted by Gasteiger charge is -2.26. The summed E-state index contributed by atoms with van der Waals surface area (Å²) in [6.45, 7) is 0. The molecule has 0 saturated carbocycles. The lowest BCUT2D eigenvalue weighted by atomic mass is 10.0. The maximum atomic E-state index is 14.0. The molecule has 1 atom stereocenters. The Hall–Kier alpha value is -2.15. The standard InChI is InChI=1S/C15H12F2N2O2S/c16-15(17)6-8-22(21)13-11(15)4-1-5-12(13)19-14(20)10-3-2-7-18-9-10/h1-5,7,9H,6,8H2,(H,19,20). The van der Waals surface area contributed by atoms with Gasteiger partial charge in [-0.25, -0.2) is 8.78 Å². The minimum absolute atomic E-state index is 0.0102. The number of carbonyl (C=O) groups excluding carboxylic acids is 1. The Kier molecular flexibility index (Phi) is 3.74. The second-order valence-corrected chi connectivity index (χ2v) is 6.39. The molecule has 1 amide bonds. The van der Waals surface area contributed by atoms with Crippen molar-refractivity contribution in [3.63, 3.8) is 0 Å². The molecule has 7 heteroatoms. The van der Waals surface area contributed by atoms with Crippen LogP contribution in [-0.2, 0) is 16.7 Å². The molecule has 0 fully saturated rings. The van der Waals surface area contributed by atoms with E-state index in [1.54, 1.807) is 12.1 Å². The van der Waals surface area contributed by atoms with Gasteiger partial charge in [0, 0.05) is 30.1 Å². The zero-order valence-corrected chi connectivity index (χ0v) is 12.2. The molecule has 1 aliphatic rings. The Labute approximate surface area is 128 Å². The van der Waals surface area contributed by atoms with Crippen LogP contribution in [0.5, 0.6) is 0 Å². The Morgan fingerprint density at radius 1 is 1.27 bits per heavy atom. The van der Waals surface area contributed by atoms with Crippen LogP contribution in [0.15, 0.2) is 47.6 Å². The Morgan fingerprint density at radius 3 is 2.82 bits per heavy atom. The first-order chi connectivity index (χ1) is 10.5. The highest BCUT2D eigenvalue weighted by molar-refractivity contribution is 7.85. The molecule has 0 spiro atoms. The van der Waals surface area contributed by atoms with Crippen LogP contribution < -0.4 is 5.32 Å². The van der Waals surface area contributed by atoms with Crippen LogP contribution in [0.25, 0.3) is 0 Å². The lowest BCUT2D eigenvalue weighted by molar-refractivity contribution is -0.0120. The SMILES string of the molecule is O=C(Nc1cccc2c1S(=O)CCC2(F)F)c1cccnc1. The van der Waals surface area contributed by atoms with E-state index in [-0.39, 0.29) is 21.9 Å². The molecule has 2 aromatic rings. The molecule has 0 bridgehead atoms. The van der Waals surface area contributed by atoms with Crippen molar-refractivity contribution < 1.29 is 17.8 Å². The molecule has 1 aromatic heterocycles. The number of benzene rings is 1. The van der Waals surface area contributed by atoms with Crippen molar-refractivity contribution in [3.05, 3.63) is 53.9 Å². The van der Waals surface area contributed by atoms with E-state index in [0.29, 0.717) is 5.56 Å². The molecule has 1 N–H and O–H groups in total. The van der Waals surface area contributed by atoms with Gasteiger partial charge in [0.05, 0.1) is 26.9 Å². The predicted octanol–water partition coefficient (Wildman–Crippen LogP) is 2.94. The third kappa shape index (κ3) is 2.64. The van der Waals surface area contributed by atoms with E-state index in [1.165, 1.54) is 30.6 Å². The lowest BCUT2D eigenvalue weighted by Crippen LogP contribution is -2.26. The fraction of sp³-hybridized carbons (Fsp3) is 0.200. The topological polar surface area (TPSA) is 59.1 Å². The molecule has 3 rings (SSSR count). The van der Waals surface area contributed by atoms with Gasteiger partial charge < -0.3 is 5.32 Å². The number of hydrogen-bond acceptors (Lipinski definition) is 3. The van der Waals surface area contributed by atoms with E-state index in [9.17, 15) is 17.8 Å². The van der Waals surface area contributed by atoms with Gasteiger partial charge in [-0.2, -0.15) is 0 Å². The number of alkyl halides is 2. The van der Waals surface area contributed by atoms with Crippen LogP contribution >= 0.6 is 0 Å². The number of pyridine rings is 1. The summed E-state index contributed by atoms with van der Waals surface area (Å²) in [7, 11) is -1.56. The highest BCUT2D eigenvalue weighted by Gasteiger charge is 2.40. The van der Waals surface area contributed by atoms with E-state index in [4.69, 9.17) is 0 Å². The predicted molar refractivity (Wildman–Crippen MR) is 78.4 cm³/mol. The molecule has 2 heterocycles. The fourth-order valence-corrected chi connectivity index (χ4v) is 3.79. The number of carbonyl (C=O) groups is 1. The summed E-state index contributed by atoms with van der Waals surface area (Å²) in [6, 6.07) is 7.32. The van der Waals surface area contributed by atoms with Crippen LogP contribution in [0, 0.1) is 0 Å². The van der Waals surface area contributed by atoms with Gasteiger partial charge in [0.15, 0.2) is 0 Å². The molecule has 1 unspecified atom stereocenters. The third-order valence-corrected chi connectivity index (χ3v) is 4.88. The molecule has 1 aliphatic heterocycles. The molecule has 4 nitrogen and oxygen atoms in total. The molecule has 1 aromatic carbocycles. The van der Waals surface area contributed by atoms with Gasteiger partial charge in [-0.15, -0.1) is 0 Å². The zero-order chi connectivity index (χ0) is 15.7. The van der Waals surface area contributed by atoms with Crippen LogP contribution in [0.1, 0.15) is 22.3 Å². The molecule has 114 valence electrons.